The van der Waals surface area contributed by atoms with Crippen molar-refractivity contribution in [1.29, 1.82) is 0 Å². The average molecular weight is 467 g/mol. The smallest absolute Gasteiger partial charge is 0.250 e. The van der Waals surface area contributed by atoms with Gasteiger partial charge in [-0.15, -0.1) is 0 Å². The van der Waals surface area contributed by atoms with Crippen molar-refractivity contribution in [2.75, 3.05) is 11.9 Å². The number of nitrogens with one attached hydrogen (secondary N) is 2. The molecule has 4 atom stereocenters. The van der Waals surface area contributed by atoms with Crippen LogP contribution in [0.4, 0.5) is 5.69 Å². The van der Waals surface area contributed by atoms with Crippen LogP contribution in [0, 0.1) is 11.8 Å². The molecule has 0 aromatic heterocycles. The monoisotopic (exact) mass is 466 g/mol. The summed E-state index contributed by atoms with van der Waals surface area (Å²) in [6.07, 6.45) is 0.790. The molecule has 4 amide bonds. The quantitative estimate of drug-likeness (QED) is 0.558. The number of nitrogens with two attached hydrogens (primary N) is 1. The molecule has 3 aliphatic rings. The van der Waals surface area contributed by atoms with E-state index < -0.39 is 41.1 Å². The van der Waals surface area contributed by atoms with Crippen molar-refractivity contribution in [3.8, 4) is 0 Å². The predicted molar refractivity (Wildman–Crippen MR) is 121 cm³/mol. The van der Waals surface area contributed by atoms with Crippen LogP contribution in [0.3, 0.4) is 0 Å². The highest BCUT2D eigenvalue weighted by Crippen LogP contribution is 2.53. The van der Waals surface area contributed by atoms with Crippen molar-refractivity contribution in [3.63, 3.8) is 0 Å². The lowest BCUT2D eigenvalue weighted by Gasteiger charge is -2.29. The third kappa shape index (κ3) is 3.32. The minimum absolute atomic E-state index is 0.0342. The first-order valence-corrected chi connectivity index (χ1v) is 11.3. The standard InChI is InChI=1S/C24H23ClN4O4/c25-14-6-7-16-15(12-14)24(23(33)27-16)20-19(17(28-24)8-9-18(26)30)21(31)29(22(20)32)11-10-13-4-2-1-3-5-13/h1-7,12,17,19-20,28H,8-11H2,(H2,26,30)(H,27,33)/t17-,19-,20+,24-/m1/s1. The van der Waals surface area contributed by atoms with Gasteiger partial charge in [-0.05, 0) is 36.6 Å². The number of nitrogens with zero attached hydrogens (tertiary/aromatic N) is 1. The number of fused-ring (bicyclic) bond motifs is 4. The third-order valence-corrected chi connectivity index (χ3v) is 7.17. The molecule has 0 aliphatic carbocycles. The van der Waals surface area contributed by atoms with Crippen molar-refractivity contribution >= 4 is 40.9 Å². The highest BCUT2D eigenvalue weighted by Gasteiger charge is 2.70. The SMILES string of the molecule is NC(=O)CC[C@H]1N[C@@]2(C(=O)Nc3ccc(Cl)cc32)[C@@H]2C(=O)N(CCc3ccccc3)C(=O)[C@@H]21. The van der Waals surface area contributed by atoms with E-state index in [1.165, 1.54) is 4.90 Å². The number of anilines is 1. The molecule has 2 aromatic rings. The molecule has 1 spiro atoms. The molecular weight excluding hydrogens is 444 g/mol. The van der Waals surface area contributed by atoms with Gasteiger partial charge < -0.3 is 11.1 Å². The maximum absolute atomic E-state index is 13.7. The number of hydrogen-bond donors (Lipinski definition) is 3. The summed E-state index contributed by atoms with van der Waals surface area (Å²) in [5.41, 5.74) is 6.02. The molecule has 2 fully saturated rings. The van der Waals surface area contributed by atoms with Crippen LogP contribution in [0.25, 0.3) is 0 Å². The number of carbonyl (C=O) groups excluding carboxylic acids is 4. The van der Waals surface area contributed by atoms with Crippen molar-refractivity contribution in [2.45, 2.75) is 30.8 Å². The Labute approximate surface area is 195 Å². The predicted octanol–water partition coefficient (Wildman–Crippen LogP) is 1.57. The molecule has 2 aromatic carbocycles. The van der Waals surface area contributed by atoms with Gasteiger partial charge in [0.1, 0.15) is 5.54 Å². The second-order valence-electron chi connectivity index (χ2n) is 8.78. The molecule has 0 radical (unpaired) electrons. The van der Waals surface area contributed by atoms with Gasteiger partial charge in [-0.2, -0.15) is 0 Å². The molecule has 2 saturated heterocycles. The maximum atomic E-state index is 13.7. The minimum Gasteiger partial charge on any atom is -0.370 e. The second-order valence-corrected chi connectivity index (χ2v) is 9.21. The van der Waals surface area contributed by atoms with Gasteiger partial charge in [0.25, 0.3) is 0 Å². The number of imide groups is 1. The number of rotatable bonds is 6. The van der Waals surface area contributed by atoms with Crippen LogP contribution in [0.15, 0.2) is 48.5 Å². The lowest BCUT2D eigenvalue weighted by atomic mass is 9.76. The van der Waals surface area contributed by atoms with E-state index in [1.54, 1.807) is 18.2 Å². The van der Waals surface area contributed by atoms with Crippen LogP contribution in [0.5, 0.6) is 0 Å². The Morgan fingerprint density at radius 2 is 1.85 bits per heavy atom. The summed E-state index contributed by atoms with van der Waals surface area (Å²) in [5, 5.41) is 6.51. The molecule has 5 rings (SSSR count). The molecular formula is C24H23ClN4O4. The summed E-state index contributed by atoms with van der Waals surface area (Å²) < 4.78 is 0. The normalized spacial score (nSPS) is 27.7. The lowest BCUT2D eigenvalue weighted by molar-refractivity contribution is -0.142. The van der Waals surface area contributed by atoms with Crippen LogP contribution in [-0.2, 0) is 31.1 Å². The molecule has 3 heterocycles. The van der Waals surface area contributed by atoms with Crippen molar-refractivity contribution in [3.05, 3.63) is 64.7 Å². The van der Waals surface area contributed by atoms with E-state index in [0.29, 0.717) is 22.7 Å². The Morgan fingerprint density at radius 3 is 2.58 bits per heavy atom. The van der Waals surface area contributed by atoms with Crippen LogP contribution >= 0.6 is 11.6 Å². The first-order chi connectivity index (χ1) is 15.8. The number of carbonyl (C=O) groups is 4. The van der Waals surface area contributed by atoms with Crippen molar-refractivity contribution in [2.24, 2.45) is 17.6 Å². The summed E-state index contributed by atoms with van der Waals surface area (Å²) in [6, 6.07) is 14.0. The third-order valence-electron chi connectivity index (χ3n) is 6.94. The molecule has 8 nitrogen and oxygen atoms in total. The van der Waals surface area contributed by atoms with Crippen LogP contribution < -0.4 is 16.4 Å². The Balaban J connectivity index is 1.53. The summed E-state index contributed by atoms with van der Waals surface area (Å²) >= 11 is 6.24. The first kappa shape index (κ1) is 21.6. The van der Waals surface area contributed by atoms with Crippen molar-refractivity contribution in [1.82, 2.24) is 10.2 Å². The Hall–Kier alpha value is -3.23. The van der Waals surface area contributed by atoms with Gasteiger partial charge in [0.15, 0.2) is 0 Å². The average Bonchev–Trinajstić information content (AvgIpc) is 3.37. The fourth-order valence-corrected chi connectivity index (χ4v) is 5.66. The molecule has 0 bridgehead atoms. The van der Waals surface area contributed by atoms with E-state index in [2.05, 4.69) is 10.6 Å². The van der Waals surface area contributed by atoms with E-state index in [4.69, 9.17) is 17.3 Å². The van der Waals surface area contributed by atoms with Crippen LogP contribution in [-0.4, -0.2) is 41.1 Å². The number of likely N-dealkylation sites (tertiary alicyclic amines) is 1. The molecule has 4 N–H and O–H groups in total. The summed E-state index contributed by atoms with van der Waals surface area (Å²) in [4.78, 5) is 53.2. The zero-order chi connectivity index (χ0) is 23.3. The lowest BCUT2D eigenvalue weighted by Crippen LogP contribution is -2.53. The largest absolute Gasteiger partial charge is 0.370 e. The molecule has 9 heteroatoms. The van der Waals surface area contributed by atoms with Gasteiger partial charge in [0.2, 0.25) is 23.6 Å². The number of amides is 4. The second kappa shape index (κ2) is 7.97. The van der Waals surface area contributed by atoms with Gasteiger partial charge in [0.05, 0.1) is 11.8 Å². The Kier molecular flexibility index (Phi) is 5.22. The molecule has 0 saturated carbocycles. The highest BCUT2D eigenvalue weighted by molar-refractivity contribution is 6.31. The van der Waals surface area contributed by atoms with Crippen LogP contribution in [0.1, 0.15) is 24.0 Å². The number of primary amides is 1. The molecule has 33 heavy (non-hydrogen) atoms. The molecule has 3 aliphatic heterocycles. The maximum Gasteiger partial charge on any atom is 0.250 e. The number of halogens is 1. The topological polar surface area (TPSA) is 122 Å². The summed E-state index contributed by atoms with van der Waals surface area (Å²) in [5.74, 6) is -3.34. The summed E-state index contributed by atoms with van der Waals surface area (Å²) in [6.45, 7) is 0.220. The van der Waals surface area contributed by atoms with Crippen LogP contribution in [0.2, 0.25) is 5.02 Å². The minimum atomic E-state index is -1.43. The van der Waals surface area contributed by atoms with Gasteiger partial charge >= 0.3 is 0 Å². The zero-order valence-corrected chi connectivity index (χ0v) is 18.5. The summed E-state index contributed by atoms with van der Waals surface area (Å²) in [7, 11) is 0. The van der Waals surface area contributed by atoms with Gasteiger partial charge in [-0.25, -0.2) is 0 Å². The van der Waals surface area contributed by atoms with Crippen molar-refractivity contribution < 1.29 is 19.2 Å². The van der Waals surface area contributed by atoms with Gasteiger partial charge in [-0.3, -0.25) is 29.4 Å². The highest BCUT2D eigenvalue weighted by atomic mass is 35.5. The zero-order valence-electron chi connectivity index (χ0n) is 17.7. The van der Waals surface area contributed by atoms with Gasteiger partial charge in [-0.1, -0.05) is 41.9 Å². The number of benzene rings is 2. The van der Waals surface area contributed by atoms with E-state index in [1.807, 2.05) is 30.3 Å². The fraction of sp³-hybridized carbons (Fsp3) is 0.333. The van der Waals surface area contributed by atoms with Gasteiger partial charge in [0, 0.05) is 35.3 Å². The van der Waals surface area contributed by atoms with E-state index >= 15 is 0 Å². The molecule has 0 unspecified atom stereocenters. The van der Waals surface area contributed by atoms with E-state index in [0.717, 1.165) is 5.56 Å². The Morgan fingerprint density at radius 1 is 1.09 bits per heavy atom. The van der Waals surface area contributed by atoms with E-state index in [-0.39, 0.29) is 25.3 Å². The first-order valence-electron chi connectivity index (χ1n) is 10.9. The molecule has 170 valence electrons. The number of hydrogen-bond acceptors (Lipinski definition) is 5. The van der Waals surface area contributed by atoms with E-state index in [9.17, 15) is 19.2 Å². The fourth-order valence-electron chi connectivity index (χ4n) is 5.49. The Bertz CT molecular complexity index is 1170.